The van der Waals surface area contributed by atoms with E-state index in [4.69, 9.17) is 9.47 Å². The molecule has 1 unspecified atom stereocenters. The Morgan fingerprint density at radius 2 is 1.92 bits per heavy atom. The second kappa shape index (κ2) is 7.55. The molecule has 140 valence electrons. The summed E-state index contributed by atoms with van der Waals surface area (Å²) < 4.78 is 10.6. The Bertz CT molecular complexity index is 720. The summed E-state index contributed by atoms with van der Waals surface area (Å²) in [5.41, 5.74) is 0.328. The van der Waals surface area contributed by atoms with E-state index >= 15 is 0 Å². The van der Waals surface area contributed by atoms with Crippen LogP contribution in [0.2, 0.25) is 0 Å². The van der Waals surface area contributed by atoms with Crippen LogP contribution in [-0.2, 0) is 9.47 Å². The fourth-order valence-electron chi connectivity index (χ4n) is 2.54. The van der Waals surface area contributed by atoms with Crippen LogP contribution in [0.15, 0.2) is 36.4 Å². The smallest absolute Gasteiger partial charge is 0.410 e. The van der Waals surface area contributed by atoms with Gasteiger partial charge in [0, 0.05) is 18.7 Å². The number of likely N-dealkylation sites (tertiary alicyclic amines) is 1. The van der Waals surface area contributed by atoms with Gasteiger partial charge in [-0.1, -0.05) is 12.2 Å². The largest absolute Gasteiger partial charge is 0.460 e. The van der Waals surface area contributed by atoms with Crippen molar-refractivity contribution in [3.05, 3.63) is 52.1 Å². The molecule has 8 nitrogen and oxygen atoms in total. The van der Waals surface area contributed by atoms with E-state index in [1.807, 2.05) is 0 Å². The lowest BCUT2D eigenvalue weighted by Gasteiger charge is -2.28. The highest BCUT2D eigenvalue weighted by Gasteiger charge is 2.34. The number of esters is 1. The van der Waals surface area contributed by atoms with E-state index in [2.05, 4.69) is 6.58 Å². The third kappa shape index (κ3) is 5.05. The highest BCUT2D eigenvalue weighted by molar-refractivity contribution is 5.89. The molecule has 0 saturated carbocycles. The molecule has 1 atom stereocenters. The standard InChI is InChI=1S/C18H22N2O6/c1-12-9-15(19(10-12)17(22)26-18(2,3)4)11-25-16(21)13-5-7-14(8-6-13)20(23)24/h5-8,15H,1,9-11H2,2-4H3. The van der Waals surface area contributed by atoms with Crippen molar-refractivity contribution >= 4 is 17.7 Å². The monoisotopic (exact) mass is 362 g/mol. The van der Waals surface area contributed by atoms with Crippen LogP contribution in [0.4, 0.5) is 10.5 Å². The van der Waals surface area contributed by atoms with Crippen molar-refractivity contribution in [2.24, 2.45) is 0 Å². The number of hydrogen-bond acceptors (Lipinski definition) is 6. The molecule has 1 aromatic rings. The van der Waals surface area contributed by atoms with Gasteiger partial charge in [-0.2, -0.15) is 0 Å². The molecule has 1 amide bonds. The van der Waals surface area contributed by atoms with Gasteiger partial charge in [0.05, 0.1) is 16.5 Å². The van der Waals surface area contributed by atoms with E-state index < -0.39 is 22.6 Å². The van der Waals surface area contributed by atoms with Crippen LogP contribution in [-0.4, -0.2) is 46.7 Å². The zero-order valence-corrected chi connectivity index (χ0v) is 15.1. The third-order valence-electron chi connectivity index (χ3n) is 3.71. The molecule has 1 aliphatic heterocycles. The first kappa shape index (κ1) is 19.4. The van der Waals surface area contributed by atoms with E-state index in [0.717, 1.165) is 5.57 Å². The number of rotatable bonds is 4. The van der Waals surface area contributed by atoms with Crippen molar-refractivity contribution in [1.82, 2.24) is 4.90 Å². The van der Waals surface area contributed by atoms with Gasteiger partial charge in [0.1, 0.15) is 12.2 Å². The predicted octanol–water partition coefficient (Wildman–Crippen LogP) is 3.32. The summed E-state index contributed by atoms with van der Waals surface area (Å²) >= 11 is 0. The summed E-state index contributed by atoms with van der Waals surface area (Å²) in [5.74, 6) is -0.610. The SMILES string of the molecule is C=C1CC(COC(=O)c2ccc([N+](=O)[O-])cc2)N(C(=O)OC(C)(C)C)C1. The van der Waals surface area contributed by atoms with Crippen LogP contribution >= 0.6 is 0 Å². The zero-order valence-electron chi connectivity index (χ0n) is 15.1. The predicted molar refractivity (Wildman–Crippen MR) is 93.9 cm³/mol. The number of non-ortho nitro benzene ring substituents is 1. The normalized spacial score (nSPS) is 17.1. The molecule has 1 aromatic carbocycles. The summed E-state index contributed by atoms with van der Waals surface area (Å²) in [6, 6.07) is 4.79. The van der Waals surface area contributed by atoms with E-state index in [0.29, 0.717) is 13.0 Å². The summed E-state index contributed by atoms with van der Waals surface area (Å²) in [7, 11) is 0. The number of benzene rings is 1. The first-order valence-corrected chi connectivity index (χ1v) is 8.14. The van der Waals surface area contributed by atoms with Gasteiger partial charge in [-0.15, -0.1) is 0 Å². The Balaban J connectivity index is 1.97. The molecule has 0 spiro atoms. The summed E-state index contributed by atoms with van der Waals surface area (Å²) in [6.07, 6.45) is 0.0415. The van der Waals surface area contributed by atoms with Crippen molar-refractivity contribution in [1.29, 1.82) is 0 Å². The molecule has 26 heavy (non-hydrogen) atoms. The quantitative estimate of drug-likeness (QED) is 0.353. The van der Waals surface area contributed by atoms with Crippen molar-refractivity contribution < 1.29 is 24.0 Å². The number of nitro groups is 1. The summed E-state index contributed by atoms with van der Waals surface area (Å²) in [5, 5.41) is 10.6. The minimum atomic E-state index is -0.624. The second-order valence-electron chi connectivity index (χ2n) is 7.12. The molecule has 0 aromatic heterocycles. The van der Waals surface area contributed by atoms with Crippen LogP contribution in [0.25, 0.3) is 0 Å². The van der Waals surface area contributed by atoms with E-state index in [1.165, 1.54) is 29.2 Å². The van der Waals surface area contributed by atoms with Gasteiger partial charge < -0.3 is 9.47 Å². The molecular formula is C18H22N2O6. The van der Waals surface area contributed by atoms with Gasteiger partial charge >= 0.3 is 12.1 Å². The summed E-state index contributed by atoms with van der Waals surface area (Å²) in [6.45, 7) is 9.57. The maximum atomic E-state index is 12.3. The van der Waals surface area contributed by atoms with Gasteiger partial charge in [0.15, 0.2) is 0 Å². The van der Waals surface area contributed by atoms with Crippen molar-refractivity contribution in [3.63, 3.8) is 0 Å². The maximum absolute atomic E-state index is 12.3. The Kier molecular flexibility index (Phi) is 5.64. The Labute approximate surface area is 151 Å². The number of carbonyl (C=O) groups excluding carboxylic acids is 2. The molecule has 0 N–H and O–H groups in total. The molecular weight excluding hydrogens is 340 g/mol. The molecule has 1 fully saturated rings. The van der Waals surface area contributed by atoms with E-state index in [-0.39, 0.29) is 23.9 Å². The number of nitrogens with zero attached hydrogens (tertiary/aromatic N) is 2. The fraction of sp³-hybridized carbons (Fsp3) is 0.444. The molecule has 0 radical (unpaired) electrons. The molecule has 1 aliphatic rings. The molecule has 0 aliphatic carbocycles. The lowest BCUT2D eigenvalue weighted by molar-refractivity contribution is -0.384. The lowest BCUT2D eigenvalue weighted by atomic mass is 10.2. The topological polar surface area (TPSA) is 99.0 Å². The third-order valence-corrected chi connectivity index (χ3v) is 3.71. The summed E-state index contributed by atoms with van der Waals surface area (Å²) in [4.78, 5) is 36.0. The van der Waals surface area contributed by atoms with Crippen LogP contribution in [0.3, 0.4) is 0 Å². The number of nitro benzene ring substituents is 1. The van der Waals surface area contributed by atoms with Crippen LogP contribution < -0.4 is 0 Å². The Hall–Kier alpha value is -2.90. The molecule has 8 heteroatoms. The fourth-order valence-corrected chi connectivity index (χ4v) is 2.54. The Morgan fingerprint density at radius 3 is 2.46 bits per heavy atom. The van der Waals surface area contributed by atoms with Gasteiger partial charge in [-0.05, 0) is 39.3 Å². The zero-order chi connectivity index (χ0) is 19.5. The first-order valence-electron chi connectivity index (χ1n) is 8.14. The highest BCUT2D eigenvalue weighted by atomic mass is 16.6. The molecule has 0 bridgehead atoms. The van der Waals surface area contributed by atoms with E-state index in [9.17, 15) is 19.7 Å². The van der Waals surface area contributed by atoms with Crippen LogP contribution in [0.5, 0.6) is 0 Å². The van der Waals surface area contributed by atoms with Crippen LogP contribution in [0, 0.1) is 10.1 Å². The molecule has 2 rings (SSSR count). The maximum Gasteiger partial charge on any atom is 0.410 e. The average Bonchev–Trinajstić information content (AvgIpc) is 2.92. The lowest BCUT2D eigenvalue weighted by Crippen LogP contribution is -2.42. The van der Waals surface area contributed by atoms with Crippen molar-refractivity contribution in [2.75, 3.05) is 13.2 Å². The first-order chi connectivity index (χ1) is 12.1. The number of carbonyl (C=O) groups is 2. The molecule has 1 saturated heterocycles. The number of hydrogen-bond donors (Lipinski definition) is 0. The van der Waals surface area contributed by atoms with Crippen molar-refractivity contribution in [2.45, 2.75) is 38.8 Å². The van der Waals surface area contributed by atoms with Gasteiger partial charge in [0.2, 0.25) is 0 Å². The minimum absolute atomic E-state index is 0.00587. The second-order valence-corrected chi connectivity index (χ2v) is 7.12. The van der Waals surface area contributed by atoms with Gasteiger partial charge in [-0.3, -0.25) is 15.0 Å². The highest BCUT2D eigenvalue weighted by Crippen LogP contribution is 2.24. The van der Waals surface area contributed by atoms with Gasteiger partial charge in [-0.25, -0.2) is 9.59 Å². The van der Waals surface area contributed by atoms with E-state index in [1.54, 1.807) is 20.8 Å². The number of ether oxygens (including phenoxy) is 2. The average molecular weight is 362 g/mol. The molecule has 1 heterocycles. The minimum Gasteiger partial charge on any atom is -0.460 e. The Morgan fingerprint density at radius 1 is 1.31 bits per heavy atom. The number of amides is 1. The van der Waals surface area contributed by atoms with Crippen molar-refractivity contribution in [3.8, 4) is 0 Å². The van der Waals surface area contributed by atoms with Crippen LogP contribution in [0.1, 0.15) is 37.6 Å². The van der Waals surface area contributed by atoms with Gasteiger partial charge in [0.25, 0.3) is 5.69 Å².